The summed E-state index contributed by atoms with van der Waals surface area (Å²) in [6.07, 6.45) is 3.34. The Kier molecular flexibility index (Phi) is 6.19. The number of fused-ring (bicyclic) bond motifs is 1. The third kappa shape index (κ3) is 4.25. The van der Waals surface area contributed by atoms with Crippen molar-refractivity contribution in [3.8, 4) is 0 Å². The van der Waals surface area contributed by atoms with E-state index in [2.05, 4.69) is 15.3 Å². The van der Waals surface area contributed by atoms with Gasteiger partial charge in [-0.25, -0.2) is 0 Å². The van der Waals surface area contributed by atoms with Gasteiger partial charge in [-0.15, -0.1) is 11.3 Å². The van der Waals surface area contributed by atoms with E-state index in [9.17, 15) is 14.4 Å². The van der Waals surface area contributed by atoms with Crippen LogP contribution in [0.3, 0.4) is 0 Å². The second-order valence-electron chi connectivity index (χ2n) is 9.31. The monoisotopic (exact) mass is 491 g/mol. The Morgan fingerprint density at radius 2 is 2.06 bits per heavy atom. The molecule has 2 aliphatic heterocycles. The molecule has 1 saturated heterocycles. The lowest BCUT2D eigenvalue weighted by atomic mass is 9.95. The predicted octanol–water partition coefficient (Wildman–Crippen LogP) is 3.68. The Labute approximate surface area is 208 Å². The number of amides is 3. The summed E-state index contributed by atoms with van der Waals surface area (Å²) in [4.78, 5) is 44.2. The van der Waals surface area contributed by atoms with Gasteiger partial charge in [0.1, 0.15) is 0 Å². The number of carbonyl (C=O) groups excluding carboxylic acids is 3. The molecule has 5 rings (SSSR count). The summed E-state index contributed by atoms with van der Waals surface area (Å²) in [5.41, 5.74) is 3.36. The highest BCUT2D eigenvalue weighted by Crippen LogP contribution is 2.35. The number of aryl methyl sites for hydroxylation is 1. The van der Waals surface area contributed by atoms with Crippen LogP contribution < -0.4 is 10.2 Å². The lowest BCUT2D eigenvalue weighted by Crippen LogP contribution is -2.44. The largest absolute Gasteiger partial charge is 0.370 e. The van der Waals surface area contributed by atoms with Gasteiger partial charge in [0, 0.05) is 36.3 Å². The number of hydrogen-bond donors (Lipinski definition) is 1. The van der Waals surface area contributed by atoms with E-state index in [1.807, 2.05) is 50.5 Å². The number of hydrogen-bond acceptors (Lipinski definition) is 6. The fourth-order valence-electron chi connectivity index (χ4n) is 4.94. The smallest absolute Gasteiger partial charge is 0.263 e. The summed E-state index contributed by atoms with van der Waals surface area (Å²) < 4.78 is 1.73. The normalized spacial score (nSPS) is 18.7. The lowest BCUT2D eigenvalue weighted by molar-refractivity contribution is -0.125. The first-order valence-electron chi connectivity index (χ1n) is 11.9. The van der Waals surface area contributed by atoms with Crippen molar-refractivity contribution in [2.24, 2.45) is 13.0 Å². The number of thiophene rings is 1. The highest BCUT2D eigenvalue weighted by molar-refractivity contribution is 7.10. The van der Waals surface area contributed by atoms with Crippen molar-refractivity contribution >= 4 is 34.7 Å². The number of piperidine rings is 1. The molecule has 8 nitrogen and oxygen atoms in total. The van der Waals surface area contributed by atoms with E-state index in [1.54, 1.807) is 28.3 Å². The van der Waals surface area contributed by atoms with Crippen LogP contribution in [-0.4, -0.2) is 45.5 Å². The van der Waals surface area contributed by atoms with E-state index in [-0.39, 0.29) is 36.2 Å². The number of aromatic nitrogens is 2. The fourth-order valence-corrected chi connectivity index (χ4v) is 5.68. The van der Waals surface area contributed by atoms with Crippen molar-refractivity contribution < 1.29 is 14.4 Å². The highest BCUT2D eigenvalue weighted by Gasteiger charge is 2.39. The van der Waals surface area contributed by atoms with Crippen molar-refractivity contribution in [1.82, 2.24) is 20.0 Å². The molecule has 3 aromatic rings. The summed E-state index contributed by atoms with van der Waals surface area (Å²) in [6.45, 7) is 5.37. The van der Waals surface area contributed by atoms with Crippen molar-refractivity contribution in [1.29, 1.82) is 0 Å². The summed E-state index contributed by atoms with van der Waals surface area (Å²) in [5.74, 6) is -0.726. The number of anilines is 1. The number of imide groups is 1. The van der Waals surface area contributed by atoms with Crippen LogP contribution in [0.1, 0.15) is 62.7 Å². The number of benzene rings is 1. The third-order valence-corrected chi connectivity index (χ3v) is 8.16. The SMILES string of the molecule is Cc1c(CN2C(=O)c3cccc(N4CCC[C@@H](C(=O)N[C@@H](C)c5cccs5)C4)c3C2=O)cnn1C. The summed E-state index contributed by atoms with van der Waals surface area (Å²) in [5, 5.41) is 9.38. The van der Waals surface area contributed by atoms with Crippen LogP contribution in [0.15, 0.2) is 41.9 Å². The number of nitrogens with zero attached hydrogens (tertiary/aromatic N) is 4. The molecule has 0 bridgehead atoms. The minimum absolute atomic E-state index is 0.0271. The molecule has 0 spiro atoms. The van der Waals surface area contributed by atoms with Crippen LogP contribution in [0.4, 0.5) is 5.69 Å². The summed E-state index contributed by atoms with van der Waals surface area (Å²) in [6, 6.07) is 9.39. The second kappa shape index (κ2) is 9.30. The fraction of sp³-hybridized carbons (Fsp3) is 0.385. The van der Waals surface area contributed by atoms with Crippen molar-refractivity contribution in [3.05, 3.63) is 69.2 Å². The van der Waals surface area contributed by atoms with E-state index in [0.29, 0.717) is 17.7 Å². The van der Waals surface area contributed by atoms with E-state index in [1.165, 1.54) is 4.90 Å². The van der Waals surface area contributed by atoms with Crippen LogP contribution in [0.2, 0.25) is 0 Å². The van der Waals surface area contributed by atoms with Gasteiger partial charge >= 0.3 is 0 Å². The van der Waals surface area contributed by atoms with E-state index in [4.69, 9.17) is 0 Å². The second-order valence-corrected chi connectivity index (χ2v) is 10.3. The average Bonchev–Trinajstić information content (AvgIpc) is 3.57. The standard InChI is InChI=1S/C26H29N5O3S/c1-16(22-10-6-12-35-22)28-24(32)18-7-5-11-30(14-18)21-9-4-8-20-23(21)26(34)31(25(20)33)15-19-13-27-29(3)17(19)2/h4,6,8-10,12-13,16,18H,5,7,11,14-15H2,1-3H3,(H,28,32)/t16-,18+/m0/s1. The van der Waals surface area contributed by atoms with Crippen molar-refractivity contribution in [2.75, 3.05) is 18.0 Å². The first kappa shape index (κ1) is 23.3. The third-order valence-electron chi connectivity index (χ3n) is 7.10. The maximum Gasteiger partial charge on any atom is 0.263 e. The first-order chi connectivity index (χ1) is 16.8. The minimum atomic E-state index is -0.290. The molecule has 2 atom stereocenters. The molecule has 0 unspecified atom stereocenters. The molecule has 4 heterocycles. The molecular formula is C26H29N5O3S. The van der Waals surface area contributed by atoms with Gasteiger partial charge in [0.05, 0.1) is 41.5 Å². The zero-order chi connectivity index (χ0) is 24.7. The van der Waals surface area contributed by atoms with Gasteiger partial charge in [0.15, 0.2) is 0 Å². The Morgan fingerprint density at radius 1 is 1.23 bits per heavy atom. The van der Waals surface area contributed by atoms with E-state index >= 15 is 0 Å². The van der Waals surface area contributed by atoms with Gasteiger partial charge in [-0.1, -0.05) is 12.1 Å². The van der Waals surface area contributed by atoms with Gasteiger partial charge in [-0.05, 0) is 50.3 Å². The Morgan fingerprint density at radius 3 is 2.77 bits per heavy atom. The number of carbonyl (C=O) groups is 3. The summed E-state index contributed by atoms with van der Waals surface area (Å²) in [7, 11) is 1.84. The Balaban J connectivity index is 1.35. The highest BCUT2D eigenvalue weighted by atomic mass is 32.1. The van der Waals surface area contributed by atoms with E-state index in [0.717, 1.165) is 41.2 Å². The minimum Gasteiger partial charge on any atom is -0.370 e. The molecule has 182 valence electrons. The molecule has 1 N–H and O–H groups in total. The molecule has 1 fully saturated rings. The van der Waals surface area contributed by atoms with Gasteiger partial charge in [0.25, 0.3) is 11.8 Å². The molecule has 2 aliphatic rings. The number of nitrogens with one attached hydrogen (secondary N) is 1. The molecule has 0 saturated carbocycles. The Hall–Kier alpha value is -3.46. The van der Waals surface area contributed by atoms with Gasteiger partial charge < -0.3 is 10.2 Å². The van der Waals surface area contributed by atoms with Crippen LogP contribution in [-0.2, 0) is 18.4 Å². The average molecular weight is 492 g/mol. The first-order valence-corrected chi connectivity index (χ1v) is 12.8. The maximum atomic E-state index is 13.5. The summed E-state index contributed by atoms with van der Waals surface area (Å²) >= 11 is 1.63. The van der Waals surface area contributed by atoms with Crippen LogP contribution in [0.25, 0.3) is 0 Å². The van der Waals surface area contributed by atoms with Gasteiger partial charge in [-0.2, -0.15) is 5.10 Å². The van der Waals surface area contributed by atoms with Crippen LogP contribution >= 0.6 is 11.3 Å². The zero-order valence-electron chi connectivity index (χ0n) is 20.2. The van der Waals surface area contributed by atoms with Gasteiger partial charge in [-0.3, -0.25) is 24.0 Å². The molecule has 35 heavy (non-hydrogen) atoms. The molecule has 0 radical (unpaired) electrons. The molecule has 3 amide bonds. The zero-order valence-corrected chi connectivity index (χ0v) is 21.0. The number of rotatable bonds is 6. The van der Waals surface area contributed by atoms with Crippen LogP contribution in [0, 0.1) is 12.8 Å². The molecule has 9 heteroatoms. The van der Waals surface area contributed by atoms with Gasteiger partial charge in [0.2, 0.25) is 5.91 Å². The molecule has 1 aromatic carbocycles. The van der Waals surface area contributed by atoms with Crippen molar-refractivity contribution in [2.45, 2.75) is 39.3 Å². The molecule has 0 aliphatic carbocycles. The molecular weight excluding hydrogens is 462 g/mol. The lowest BCUT2D eigenvalue weighted by Gasteiger charge is -2.35. The predicted molar refractivity (Wildman–Crippen MR) is 134 cm³/mol. The van der Waals surface area contributed by atoms with Crippen molar-refractivity contribution in [3.63, 3.8) is 0 Å². The quantitative estimate of drug-likeness (QED) is 0.532. The van der Waals surface area contributed by atoms with Crippen LogP contribution in [0.5, 0.6) is 0 Å². The van der Waals surface area contributed by atoms with E-state index < -0.39 is 0 Å². The Bertz CT molecular complexity index is 1280. The topological polar surface area (TPSA) is 87.5 Å². The maximum absolute atomic E-state index is 13.5. The molecule has 2 aromatic heterocycles.